The minimum Gasteiger partial charge on any atom is -0.478 e. The predicted molar refractivity (Wildman–Crippen MR) is 37.6 cm³/mol. The Labute approximate surface area is 60.0 Å². The molecule has 0 aromatic rings. The first-order chi connectivity index (χ1) is 4.54. The monoisotopic (exact) mass is 144 g/mol. The summed E-state index contributed by atoms with van der Waals surface area (Å²) in [7, 11) is 0. The lowest BCUT2D eigenvalue weighted by Gasteiger charge is -2.07. The molecule has 0 aliphatic heterocycles. The molecular formula is C7H12O3. The van der Waals surface area contributed by atoms with Crippen LogP contribution < -0.4 is 0 Å². The normalized spacial score (nSPS) is 14.4. The fraction of sp³-hybridized carbons (Fsp3) is 0.571. The highest BCUT2D eigenvalue weighted by Crippen LogP contribution is 2.01. The van der Waals surface area contributed by atoms with Crippen LogP contribution in [0.5, 0.6) is 0 Å². The highest BCUT2D eigenvalue weighted by atomic mass is 16.4. The summed E-state index contributed by atoms with van der Waals surface area (Å²) >= 11 is 0. The van der Waals surface area contributed by atoms with Gasteiger partial charge in [0, 0.05) is 6.08 Å². The Morgan fingerprint density at radius 3 is 2.30 bits per heavy atom. The van der Waals surface area contributed by atoms with Crippen molar-refractivity contribution in [1.82, 2.24) is 0 Å². The number of aliphatic carboxylic acids is 1. The van der Waals surface area contributed by atoms with E-state index in [2.05, 4.69) is 0 Å². The zero-order chi connectivity index (χ0) is 8.15. The molecule has 58 valence electrons. The van der Waals surface area contributed by atoms with Crippen molar-refractivity contribution in [1.29, 1.82) is 0 Å². The molecule has 2 N–H and O–H groups in total. The molecule has 0 radical (unpaired) electrons. The van der Waals surface area contributed by atoms with E-state index in [9.17, 15) is 4.79 Å². The minimum absolute atomic E-state index is 0.0654. The quantitative estimate of drug-likeness (QED) is 0.571. The molecule has 1 atom stereocenters. The second-order valence-electron chi connectivity index (χ2n) is 2.43. The van der Waals surface area contributed by atoms with Crippen molar-refractivity contribution in [3.63, 3.8) is 0 Å². The Kier molecular flexibility index (Phi) is 3.72. The lowest BCUT2D eigenvalue weighted by Crippen LogP contribution is -2.11. The maximum Gasteiger partial charge on any atom is 0.328 e. The maximum absolute atomic E-state index is 9.93. The van der Waals surface area contributed by atoms with Crippen molar-refractivity contribution in [3.8, 4) is 0 Å². The van der Waals surface area contributed by atoms with Gasteiger partial charge in [0.05, 0.1) is 6.10 Å². The van der Waals surface area contributed by atoms with Gasteiger partial charge in [-0.15, -0.1) is 0 Å². The van der Waals surface area contributed by atoms with Crippen LogP contribution in [0.1, 0.15) is 13.8 Å². The summed E-state index contributed by atoms with van der Waals surface area (Å²) in [5.41, 5.74) is 0. The molecule has 3 heteroatoms. The van der Waals surface area contributed by atoms with Crippen LogP contribution in [0.4, 0.5) is 0 Å². The zero-order valence-electron chi connectivity index (χ0n) is 6.11. The van der Waals surface area contributed by atoms with Gasteiger partial charge in [0.2, 0.25) is 0 Å². The summed E-state index contributed by atoms with van der Waals surface area (Å²) < 4.78 is 0. The van der Waals surface area contributed by atoms with Gasteiger partial charge >= 0.3 is 5.97 Å². The first kappa shape index (κ1) is 9.17. The third-order valence-corrected chi connectivity index (χ3v) is 1.12. The molecule has 0 spiro atoms. The summed E-state index contributed by atoms with van der Waals surface area (Å²) in [6.07, 6.45) is 1.56. The number of hydrogen-bond acceptors (Lipinski definition) is 2. The van der Waals surface area contributed by atoms with Crippen LogP contribution in [0, 0.1) is 5.92 Å². The highest BCUT2D eigenvalue weighted by Gasteiger charge is 2.03. The summed E-state index contributed by atoms with van der Waals surface area (Å²) in [6.45, 7) is 3.63. The molecule has 0 aromatic heterocycles. The number of hydrogen-bond donors (Lipinski definition) is 2. The average molecular weight is 144 g/mol. The molecule has 10 heavy (non-hydrogen) atoms. The topological polar surface area (TPSA) is 57.5 Å². The molecular weight excluding hydrogens is 132 g/mol. The molecule has 3 nitrogen and oxygen atoms in total. The SMILES string of the molecule is CC(C)C(O)/C=C/C(=O)O. The van der Waals surface area contributed by atoms with E-state index in [-0.39, 0.29) is 5.92 Å². The molecule has 0 aliphatic rings. The van der Waals surface area contributed by atoms with E-state index in [4.69, 9.17) is 10.2 Å². The van der Waals surface area contributed by atoms with Crippen molar-refractivity contribution in [2.24, 2.45) is 5.92 Å². The maximum atomic E-state index is 9.93. The lowest BCUT2D eigenvalue weighted by molar-refractivity contribution is -0.131. The molecule has 0 amide bonds. The van der Waals surface area contributed by atoms with Gasteiger partial charge in [0.15, 0.2) is 0 Å². The molecule has 0 fully saturated rings. The van der Waals surface area contributed by atoms with Gasteiger partial charge in [0.25, 0.3) is 0 Å². The average Bonchev–Trinajstić information content (AvgIpc) is 1.82. The largest absolute Gasteiger partial charge is 0.478 e. The van der Waals surface area contributed by atoms with Crippen molar-refractivity contribution in [3.05, 3.63) is 12.2 Å². The molecule has 0 aromatic carbocycles. The van der Waals surface area contributed by atoms with E-state index in [1.165, 1.54) is 6.08 Å². The van der Waals surface area contributed by atoms with Gasteiger partial charge in [0.1, 0.15) is 0 Å². The van der Waals surface area contributed by atoms with Gasteiger partial charge in [-0.1, -0.05) is 13.8 Å². The van der Waals surface area contributed by atoms with Gasteiger partial charge < -0.3 is 10.2 Å². The third kappa shape index (κ3) is 4.09. The first-order valence-corrected chi connectivity index (χ1v) is 3.13. The van der Waals surface area contributed by atoms with Crippen molar-refractivity contribution >= 4 is 5.97 Å². The number of carboxylic acid groups (broad SMARTS) is 1. The number of aliphatic hydroxyl groups is 1. The van der Waals surface area contributed by atoms with Crippen LogP contribution in [0.2, 0.25) is 0 Å². The summed E-state index contributed by atoms with van der Waals surface area (Å²) in [4.78, 5) is 9.93. The molecule has 0 saturated heterocycles. The molecule has 0 aliphatic carbocycles. The molecule has 1 unspecified atom stereocenters. The second kappa shape index (κ2) is 4.06. The smallest absolute Gasteiger partial charge is 0.328 e. The van der Waals surface area contributed by atoms with Gasteiger partial charge in [-0.25, -0.2) is 4.79 Å². The van der Waals surface area contributed by atoms with Crippen molar-refractivity contribution in [2.75, 3.05) is 0 Å². The number of aliphatic hydroxyl groups excluding tert-OH is 1. The molecule has 0 rings (SSSR count). The fourth-order valence-electron chi connectivity index (χ4n) is 0.403. The predicted octanol–water partition coefficient (Wildman–Crippen LogP) is 0.644. The Bertz CT molecular complexity index is 138. The summed E-state index contributed by atoms with van der Waals surface area (Å²) in [6, 6.07) is 0. The minimum atomic E-state index is -1.03. The zero-order valence-corrected chi connectivity index (χ0v) is 6.11. The van der Waals surface area contributed by atoms with E-state index >= 15 is 0 Å². The van der Waals surface area contributed by atoms with Crippen LogP contribution in [0.25, 0.3) is 0 Å². The van der Waals surface area contributed by atoms with Gasteiger partial charge in [-0.05, 0) is 12.0 Å². The van der Waals surface area contributed by atoms with E-state index < -0.39 is 12.1 Å². The van der Waals surface area contributed by atoms with Crippen LogP contribution in [-0.4, -0.2) is 22.3 Å². The van der Waals surface area contributed by atoms with Crippen molar-refractivity contribution < 1.29 is 15.0 Å². The molecule has 0 saturated carbocycles. The van der Waals surface area contributed by atoms with E-state index in [0.717, 1.165) is 6.08 Å². The summed E-state index contributed by atoms with van der Waals surface area (Å²) in [5, 5.41) is 17.2. The Morgan fingerprint density at radius 1 is 1.50 bits per heavy atom. The van der Waals surface area contributed by atoms with E-state index in [0.29, 0.717) is 0 Å². The Morgan fingerprint density at radius 2 is 2.00 bits per heavy atom. The standard InChI is InChI=1S/C7H12O3/c1-5(2)6(8)3-4-7(9)10/h3-6,8H,1-2H3,(H,9,10)/b4-3+. The number of rotatable bonds is 3. The van der Waals surface area contributed by atoms with Crippen LogP contribution >= 0.6 is 0 Å². The number of carbonyl (C=O) groups is 1. The second-order valence-corrected chi connectivity index (χ2v) is 2.43. The summed E-state index contributed by atoms with van der Waals surface area (Å²) in [5.74, 6) is -0.963. The Balaban J connectivity index is 3.77. The van der Waals surface area contributed by atoms with E-state index in [1.807, 2.05) is 13.8 Å². The number of carboxylic acids is 1. The van der Waals surface area contributed by atoms with Crippen molar-refractivity contribution in [2.45, 2.75) is 20.0 Å². The molecule has 0 heterocycles. The van der Waals surface area contributed by atoms with Crippen LogP contribution in [-0.2, 0) is 4.79 Å². The van der Waals surface area contributed by atoms with Crippen LogP contribution in [0.3, 0.4) is 0 Å². The van der Waals surface area contributed by atoms with Gasteiger partial charge in [-0.3, -0.25) is 0 Å². The fourth-order valence-corrected chi connectivity index (χ4v) is 0.403. The van der Waals surface area contributed by atoms with E-state index in [1.54, 1.807) is 0 Å². The highest BCUT2D eigenvalue weighted by molar-refractivity contribution is 5.79. The van der Waals surface area contributed by atoms with Crippen LogP contribution in [0.15, 0.2) is 12.2 Å². The lowest BCUT2D eigenvalue weighted by atomic mass is 10.1. The third-order valence-electron chi connectivity index (χ3n) is 1.12. The first-order valence-electron chi connectivity index (χ1n) is 3.13. The molecule has 0 bridgehead atoms. The van der Waals surface area contributed by atoms with Gasteiger partial charge in [-0.2, -0.15) is 0 Å². The Hall–Kier alpha value is -0.830.